The highest BCUT2D eigenvalue weighted by Crippen LogP contribution is 2.49. The first-order chi connectivity index (χ1) is 30.1. The Bertz CT molecular complexity index is 2660. The normalized spacial score (nSPS) is 13.8. The van der Waals surface area contributed by atoms with Crippen LogP contribution in [-0.4, -0.2) is 100 Å². The van der Waals surface area contributed by atoms with Gasteiger partial charge in [-0.25, -0.2) is 29.1 Å². The van der Waals surface area contributed by atoms with Crippen LogP contribution in [0.2, 0.25) is 0 Å². The lowest BCUT2D eigenvalue weighted by Gasteiger charge is -2.32. The molecule has 62 heavy (non-hydrogen) atoms. The van der Waals surface area contributed by atoms with Gasteiger partial charge < -0.3 is 29.5 Å². The molecule has 14 heteroatoms. The summed E-state index contributed by atoms with van der Waals surface area (Å²) in [5.74, 6) is 1.43. The fourth-order valence-corrected chi connectivity index (χ4v) is 8.99. The second-order valence-corrected chi connectivity index (χ2v) is 16.3. The number of aromatic nitrogens is 4. The van der Waals surface area contributed by atoms with Gasteiger partial charge in [-0.15, -0.1) is 11.3 Å². The molecule has 3 aromatic heterocycles. The summed E-state index contributed by atoms with van der Waals surface area (Å²) >= 11 is 1.45. The second-order valence-electron chi connectivity index (χ2n) is 15.3. The number of carboxylic acid groups (broad SMARTS) is 1. The third-order valence-electron chi connectivity index (χ3n) is 11.1. The molecule has 1 aliphatic rings. The van der Waals surface area contributed by atoms with Crippen molar-refractivity contribution in [3.8, 4) is 50.2 Å². The molecule has 1 saturated heterocycles. The van der Waals surface area contributed by atoms with E-state index in [1.807, 2.05) is 74.5 Å². The zero-order valence-electron chi connectivity index (χ0n) is 35.1. The van der Waals surface area contributed by atoms with Crippen LogP contribution in [0.5, 0.6) is 17.2 Å². The van der Waals surface area contributed by atoms with E-state index in [0.29, 0.717) is 51.2 Å². The monoisotopic (exact) mass is 853 g/mol. The number of likely N-dealkylation sites (N-methyl/N-ethyl adjacent to an activating group) is 1. The van der Waals surface area contributed by atoms with E-state index in [9.17, 15) is 14.3 Å². The maximum absolute atomic E-state index is 14.2. The molecule has 4 heterocycles. The Kier molecular flexibility index (Phi) is 13.0. The molecule has 8 rings (SSSR count). The minimum absolute atomic E-state index is 0.0791. The van der Waals surface area contributed by atoms with E-state index in [4.69, 9.17) is 19.2 Å². The number of para-hydroxylation sites is 2. The number of aliphatic carboxylic acids is 1. The first kappa shape index (κ1) is 42.2. The number of methoxy groups -OCH3 is 1. The van der Waals surface area contributed by atoms with Crippen LogP contribution in [0.4, 0.5) is 10.2 Å². The van der Waals surface area contributed by atoms with Gasteiger partial charge >= 0.3 is 5.97 Å². The molecule has 2 N–H and O–H groups in total. The first-order valence-corrected chi connectivity index (χ1v) is 21.3. The molecule has 318 valence electrons. The molecule has 0 amide bonds. The zero-order chi connectivity index (χ0) is 43.2. The maximum atomic E-state index is 14.2. The van der Waals surface area contributed by atoms with Crippen molar-refractivity contribution in [2.75, 3.05) is 58.8 Å². The van der Waals surface area contributed by atoms with Crippen LogP contribution in [0.25, 0.3) is 43.2 Å². The number of carboxylic acids is 1. The van der Waals surface area contributed by atoms with Gasteiger partial charge in [0.1, 0.15) is 59.3 Å². The van der Waals surface area contributed by atoms with Gasteiger partial charge in [0, 0.05) is 55.8 Å². The van der Waals surface area contributed by atoms with E-state index in [0.717, 1.165) is 76.7 Å². The number of hydrogen-bond donors (Lipinski definition) is 2. The number of hydrogen-bond acceptors (Lipinski definition) is 12. The lowest BCUT2D eigenvalue weighted by Crippen LogP contribution is -2.45. The molecule has 1 atom stereocenters. The second kappa shape index (κ2) is 19.1. The van der Waals surface area contributed by atoms with Crippen LogP contribution < -0.4 is 19.5 Å². The molecule has 0 saturated carbocycles. The highest BCUT2D eigenvalue weighted by Gasteiger charge is 2.27. The Hall–Kier alpha value is -6.48. The summed E-state index contributed by atoms with van der Waals surface area (Å²) in [6, 6.07) is 26.0. The van der Waals surface area contributed by atoms with Crippen LogP contribution in [0, 0.1) is 19.7 Å². The summed E-state index contributed by atoms with van der Waals surface area (Å²) in [6.45, 7) is 9.77. The van der Waals surface area contributed by atoms with Crippen molar-refractivity contribution in [2.24, 2.45) is 0 Å². The van der Waals surface area contributed by atoms with Crippen LogP contribution in [0.15, 0.2) is 104 Å². The van der Waals surface area contributed by atoms with Gasteiger partial charge in [0.25, 0.3) is 0 Å². The van der Waals surface area contributed by atoms with E-state index >= 15 is 0 Å². The van der Waals surface area contributed by atoms with Crippen LogP contribution in [0.1, 0.15) is 22.4 Å². The third kappa shape index (κ3) is 9.52. The Labute approximate surface area is 364 Å². The molecule has 12 nitrogen and oxygen atoms in total. The fraction of sp³-hybridized carbons (Fsp3) is 0.271. The van der Waals surface area contributed by atoms with Gasteiger partial charge in [-0.3, -0.25) is 4.90 Å². The highest BCUT2D eigenvalue weighted by molar-refractivity contribution is 7.22. The lowest BCUT2D eigenvalue weighted by atomic mass is 9.92. The standard InChI is InChI=1S/C48H48FN7O5S/c1-30-25-36(60-24-23-56-21-19-55(3)20-22-56)26-31(2)41(30)42-43-46(51-29-52-47(43)62-44(42)32-13-15-34(49)16-14-32)54-38(48(57)58)27-33-9-5-7-11-39(33)61-28-35-17-18-50-45(53-35)37-10-6-8-12-40(37)59-4/h5-18,25-26,29,38H,19-24,27-28H2,1-4H3,(H,57,58)(H,51,52,54). The smallest absolute Gasteiger partial charge is 0.326 e. The predicted molar refractivity (Wildman–Crippen MR) is 241 cm³/mol. The van der Waals surface area contributed by atoms with E-state index in [2.05, 4.69) is 37.1 Å². The van der Waals surface area contributed by atoms with E-state index < -0.39 is 12.0 Å². The fourth-order valence-electron chi connectivity index (χ4n) is 7.84. The van der Waals surface area contributed by atoms with Crippen molar-refractivity contribution in [1.82, 2.24) is 29.7 Å². The minimum Gasteiger partial charge on any atom is -0.496 e. The number of carbonyl (C=O) groups is 1. The van der Waals surface area contributed by atoms with Gasteiger partial charge in [-0.2, -0.15) is 0 Å². The number of fused-ring (bicyclic) bond motifs is 1. The van der Waals surface area contributed by atoms with Gasteiger partial charge in [-0.1, -0.05) is 42.5 Å². The number of anilines is 1. The quantitative estimate of drug-likeness (QED) is 0.0965. The van der Waals surface area contributed by atoms with E-state index in [1.54, 1.807) is 31.5 Å². The van der Waals surface area contributed by atoms with Gasteiger partial charge in [-0.05, 0) is 97.2 Å². The SMILES string of the molecule is COc1ccccc1-c1nccc(COc2ccccc2CC(Nc2ncnc3sc(-c4ccc(F)cc4)c(-c4c(C)cc(OCCN5CCN(C)CC5)cc4C)c23)C(=O)O)n1. The molecule has 0 bridgehead atoms. The van der Waals surface area contributed by atoms with Crippen molar-refractivity contribution in [3.05, 3.63) is 132 Å². The topological polar surface area (TPSA) is 135 Å². The molecule has 0 aliphatic carbocycles. The van der Waals surface area contributed by atoms with Crippen molar-refractivity contribution in [2.45, 2.75) is 32.9 Å². The molecule has 7 aromatic rings. The molecule has 1 aliphatic heterocycles. The Balaban J connectivity index is 1.08. The van der Waals surface area contributed by atoms with Crippen molar-refractivity contribution in [1.29, 1.82) is 0 Å². The van der Waals surface area contributed by atoms with Crippen molar-refractivity contribution >= 4 is 33.3 Å². The predicted octanol–water partition coefficient (Wildman–Crippen LogP) is 8.56. The minimum atomic E-state index is -1.10. The van der Waals surface area contributed by atoms with E-state index in [-0.39, 0.29) is 18.8 Å². The zero-order valence-corrected chi connectivity index (χ0v) is 35.9. The number of benzene rings is 4. The number of nitrogens with zero attached hydrogens (tertiary/aromatic N) is 6. The lowest BCUT2D eigenvalue weighted by molar-refractivity contribution is -0.137. The Morgan fingerprint density at radius 3 is 2.35 bits per heavy atom. The number of ether oxygens (including phenoxy) is 3. The summed E-state index contributed by atoms with van der Waals surface area (Å²) in [5, 5.41) is 14.7. The van der Waals surface area contributed by atoms with Gasteiger partial charge in [0.2, 0.25) is 0 Å². The highest BCUT2D eigenvalue weighted by atomic mass is 32.1. The summed E-state index contributed by atoms with van der Waals surface area (Å²) in [6.07, 6.45) is 3.19. The van der Waals surface area contributed by atoms with Crippen molar-refractivity contribution < 1.29 is 28.5 Å². The Morgan fingerprint density at radius 1 is 0.887 bits per heavy atom. The summed E-state index contributed by atoms with van der Waals surface area (Å²) < 4.78 is 32.4. The number of thiophene rings is 1. The maximum Gasteiger partial charge on any atom is 0.326 e. The molecule has 4 aromatic carbocycles. The average molecular weight is 854 g/mol. The first-order valence-electron chi connectivity index (χ1n) is 20.5. The third-order valence-corrected chi connectivity index (χ3v) is 12.2. The van der Waals surface area contributed by atoms with Gasteiger partial charge in [0.15, 0.2) is 5.82 Å². The Morgan fingerprint density at radius 2 is 1.61 bits per heavy atom. The average Bonchev–Trinajstić information content (AvgIpc) is 3.66. The summed E-state index contributed by atoms with van der Waals surface area (Å²) in [7, 11) is 3.75. The molecular formula is C48H48FN7O5S. The molecular weight excluding hydrogens is 806 g/mol. The van der Waals surface area contributed by atoms with E-state index in [1.165, 1.54) is 29.8 Å². The largest absolute Gasteiger partial charge is 0.496 e. The number of aryl methyl sites for hydroxylation is 2. The summed E-state index contributed by atoms with van der Waals surface area (Å²) in [4.78, 5) is 37.9. The summed E-state index contributed by atoms with van der Waals surface area (Å²) in [5.41, 5.74) is 6.62. The van der Waals surface area contributed by atoms with Crippen molar-refractivity contribution in [3.63, 3.8) is 0 Å². The van der Waals surface area contributed by atoms with Crippen LogP contribution in [-0.2, 0) is 17.8 Å². The molecule has 1 unspecified atom stereocenters. The number of nitrogens with one attached hydrogen (secondary N) is 1. The number of halogens is 1. The molecule has 0 radical (unpaired) electrons. The van der Waals surface area contributed by atoms with Gasteiger partial charge in [0.05, 0.1) is 23.8 Å². The molecule has 1 fully saturated rings. The number of rotatable bonds is 16. The molecule has 0 spiro atoms. The van der Waals surface area contributed by atoms with Crippen LogP contribution >= 0.6 is 11.3 Å². The van der Waals surface area contributed by atoms with Crippen LogP contribution in [0.3, 0.4) is 0 Å². The number of piperazine rings is 1.